The zero-order valence-electron chi connectivity index (χ0n) is 10.2. The first-order chi connectivity index (χ1) is 8.49. The van der Waals surface area contributed by atoms with E-state index < -0.39 is 24.2 Å². The lowest BCUT2D eigenvalue weighted by atomic mass is 9.81. The van der Waals surface area contributed by atoms with Gasteiger partial charge in [-0.15, -0.1) is 0 Å². The van der Waals surface area contributed by atoms with Gasteiger partial charge in [-0.2, -0.15) is 0 Å². The van der Waals surface area contributed by atoms with Gasteiger partial charge in [0, 0.05) is 5.92 Å². The van der Waals surface area contributed by atoms with Crippen LogP contribution in [0.5, 0.6) is 0 Å². The predicted molar refractivity (Wildman–Crippen MR) is 57.4 cm³/mol. The highest BCUT2D eigenvalue weighted by Gasteiger charge is 2.61. The molecule has 100 valence electrons. The molecule has 3 aliphatic rings. The molecule has 6 heteroatoms. The molecule has 3 fully saturated rings. The number of rotatable bonds is 1. The maximum absolute atomic E-state index is 11.9. The summed E-state index contributed by atoms with van der Waals surface area (Å²) in [6, 6.07) is 0. The number of fused-ring (bicyclic) bond motifs is 3. The summed E-state index contributed by atoms with van der Waals surface area (Å²) in [5.41, 5.74) is 0. The van der Waals surface area contributed by atoms with Crippen LogP contribution in [0.25, 0.3) is 0 Å². The third-order valence-electron chi connectivity index (χ3n) is 4.06. The van der Waals surface area contributed by atoms with Crippen LogP contribution in [0.1, 0.15) is 20.3 Å². The van der Waals surface area contributed by atoms with Crippen molar-refractivity contribution >= 4 is 11.9 Å². The zero-order chi connectivity index (χ0) is 13.0. The molecule has 0 saturated carbocycles. The molecule has 0 amide bonds. The maximum Gasteiger partial charge on any atom is 0.312 e. The van der Waals surface area contributed by atoms with Gasteiger partial charge >= 0.3 is 11.9 Å². The Hall–Kier alpha value is -1.14. The Bertz CT molecular complexity index is 392. The lowest BCUT2D eigenvalue weighted by Gasteiger charge is -2.31. The van der Waals surface area contributed by atoms with Crippen molar-refractivity contribution in [3.05, 3.63) is 0 Å². The summed E-state index contributed by atoms with van der Waals surface area (Å²) in [6.45, 7) is 3.33. The maximum atomic E-state index is 11.9. The summed E-state index contributed by atoms with van der Waals surface area (Å²) >= 11 is 0. The van der Waals surface area contributed by atoms with E-state index in [0.29, 0.717) is 0 Å². The van der Waals surface area contributed by atoms with Crippen LogP contribution < -0.4 is 0 Å². The summed E-state index contributed by atoms with van der Waals surface area (Å²) in [5, 5.41) is 9.61. The molecule has 0 radical (unpaired) electrons. The van der Waals surface area contributed by atoms with Gasteiger partial charge in [0.1, 0.15) is 12.2 Å². The van der Waals surface area contributed by atoms with Crippen LogP contribution in [0.4, 0.5) is 0 Å². The first kappa shape index (κ1) is 11.9. The molecule has 0 aliphatic carbocycles. The Morgan fingerprint density at radius 2 is 2.00 bits per heavy atom. The lowest BCUT2D eigenvalue weighted by Crippen LogP contribution is -2.42. The minimum absolute atomic E-state index is 0.178. The van der Waals surface area contributed by atoms with Gasteiger partial charge in [0.15, 0.2) is 6.10 Å². The molecule has 0 spiro atoms. The fraction of sp³-hybridized carbons (Fsp3) is 0.833. The second kappa shape index (κ2) is 3.93. The van der Waals surface area contributed by atoms with Crippen molar-refractivity contribution in [2.75, 3.05) is 0 Å². The van der Waals surface area contributed by atoms with E-state index in [1.165, 1.54) is 0 Å². The van der Waals surface area contributed by atoms with Gasteiger partial charge < -0.3 is 19.3 Å². The standard InChI is InChI=1S/C12H16O6/c1-4(13)9-11-8(12(15)18-9)6-3-7(14)16-5(2)10(6)17-11/h4-6,8-11,13H,3H2,1-2H3/t4-,5-,6+,8-,9+,10+,11+/m1/s1. The highest BCUT2D eigenvalue weighted by atomic mass is 16.6. The highest BCUT2D eigenvalue weighted by molar-refractivity contribution is 5.79. The first-order valence-electron chi connectivity index (χ1n) is 6.22. The molecule has 3 saturated heterocycles. The SMILES string of the molecule is C[C@@H](O)[C@@H]1OC(=O)[C@@H]2[C@@H]3CC(=O)O[C@H](C)[C@@H]3O[C@H]12. The quantitative estimate of drug-likeness (QED) is 0.644. The molecule has 0 aromatic carbocycles. The summed E-state index contributed by atoms with van der Waals surface area (Å²) < 4.78 is 16.1. The normalized spacial score (nSPS) is 48.2. The predicted octanol–water partition coefficient (Wildman–Crippen LogP) is -0.372. The number of cyclic esters (lactones) is 2. The van der Waals surface area contributed by atoms with Crippen molar-refractivity contribution in [3.8, 4) is 0 Å². The van der Waals surface area contributed by atoms with Gasteiger partial charge in [0.05, 0.1) is 24.5 Å². The van der Waals surface area contributed by atoms with Gasteiger partial charge in [0.25, 0.3) is 0 Å². The molecule has 3 heterocycles. The fourth-order valence-corrected chi connectivity index (χ4v) is 3.28. The molecule has 18 heavy (non-hydrogen) atoms. The number of carbonyl (C=O) groups excluding carboxylic acids is 2. The minimum Gasteiger partial charge on any atom is -0.460 e. The van der Waals surface area contributed by atoms with E-state index in [2.05, 4.69) is 0 Å². The summed E-state index contributed by atoms with van der Waals surface area (Å²) in [7, 11) is 0. The molecule has 0 aromatic heterocycles. The minimum atomic E-state index is -0.781. The van der Waals surface area contributed by atoms with Crippen molar-refractivity contribution in [3.63, 3.8) is 0 Å². The van der Waals surface area contributed by atoms with Gasteiger partial charge in [0.2, 0.25) is 0 Å². The van der Waals surface area contributed by atoms with Gasteiger partial charge in [-0.25, -0.2) is 0 Å². The van der Waals surface area contributed by atoms with E-state index in [1.807, 2.05) is 0 Å². The summed E-state index contributed by atoms with van der Waals surface area (Å²) in [4.78, 5) is 23.3. The van der Waals surface area contributed by atoms with Crippen LogP contribution in [-0.4, -0.2) is 47.6 Å². The van der Waals surface area contributed by atoms with Crippen molar-refractivity contribution < 1.29 is 28.9 Å². The second-order valence-corrected chi connectivity index (χ2v) is 5.30. The van der Waals surface area contributed by atoms with Crippen molar-refractivity contribution in [2.45, 2.75) is 50.8 Å². The van der Waals surface area contributed by atoms with Crippen LogP contribution in [0.2, 0.25) is 0 Å². The fourth-order valence-electron chi connectivity index (χ4n) is 3.28. The molecule has 3 aliphatic heterocycles. The summed E-state index contributed by atoms with van der Waals surface area (Å²) in [5.74, 6) is -1.33. The first-order valence-corrected chi connectivity index (χ1v) is 6.22. The number of esters is 2. The van der Waals surface area contributed by atoms with Gasteiger partial charge in [-0.05, 0) is 13.8 Å². The molecule has 6 nitrogen and oxygen atoms in total. The largest absolute Gasteiger partial charge is 0.460 e. The number of carbonyl (C=O) groups is 2. The monoisotopic (exact) mass is 256 g/mol. The van der Waals surface area contributed by atoms with E-state index >= 15 is 0 Å². The third-order valence-corrected chi connectivity index (χ3v) is 4.06. The molecule has 1 N–H and O–H groups in total. The molecular formula is C12H16O6. The average molecular weight is 256 g/mol. The number of hydrogen-bond acceptors (Lipinski definition) is 6. The van der Waals surface area contributed by atoms with Crippen LogP contribution in [-0.2, 0) is 23.8 Å². The lowest BCUT2D eigenvalue weighted by molar-refractivity contribution is -0.175. The number of aliphatic hydroxyl groups is 1. The van der Waals surface area contributed by atoms with Gasteiger partial charge in [-0.1, -0.05) is 0 Å². The van der Waals surface area contributed by atoms with Crippen molar-refractivity contribution in [2.24, 2.45) is 11.8 Å². The summed E-state index contributed by atoms with van der Waals surface area (Å²) in [6.07, 6.45) is -2.34. The van der Waals surface area contributed by atoms with E-state index in [-0.39, 0.29) is 36.5 Å². The molecule has 0 aromatic rings. The smallest absolute Gasteiger partial charge is 0.312 e. The Morgan fingerprint density at radius 1 is 1.28 bits per heavy atom. The Labute approximate surface area is 104 Å². The Morgan fingerprint density at radius 3 is 2.67 bits per heavy atom. The number of ether oxygens (including phenoxy) is 3. The molecule has 0 unspecified atom stereocenters. The molecule has 7 atom stereocenters. The third kappa shape index (κ3) is 1.55. The Kier molecular flexibility index (Phi) is 2.60. The topological polar surface area (TPSA) is 82.1 Å². The van der Waals surface area contributed by atoms with Crippen LogP contribution >= 0.6 is 0 Å². The zero-order valence-corrected chi connectivity index (χ0v) is 10.2. The number of hydrogen-bond donors (Lipinski definition) is 1. The van der Waals surface area contributed by atoms with Crippen LogP contribution in [0.15, 0.2) is 0 Å². The average Bonchev–Trinajstić information content (AvgIpc) is 2.78. The highest BCUT2D eigenvalue weighted by Crippen LogP contribution is 2.46. The van der Waals surface area contributed by atoms with E-state index in [9.17, 15) is 14.7 Å². The van der Waals surface area contributed by atoms with Crippen LogP contribution in [0.3, 0.4) is 0 Å². The number of aliphatic hydroxyl groups excluding tert-OH is 1. The van der Waals surface area contributed by atoms with Crippen molar-refractivity contribution in [1.29, 1.82) is 0 Å². The Balaban J connectivity index is 1.88. The van der Waals surface area contributed by atoms with Gasteiger partial charge in [-0.3, -0.25) is 9.59 Å². The van der Waals surface area contributed by atoms with E-state index in [4.69, 9.17) is 14.2 Å². The van der Waals surface area contributed by atoms with E-state index in [1.54, 1.807) is 13.8 Å². The molecular weight excluding hydrogens is 240 g/mol. The van der Waals surface area contributed by atoms with E-state index in [0.717, 1.165) is 0 Å². The molecule has 3 rings (SSSR count). The molecule has 0 bridgehead atoms. The second-order valence-electron chi connectivity index (χ2n) is 5.30. The van der Waals surface area contributed by atoms with Crippen LogP contribution in [0, 0.1) is 11.8 Å². The van der Waals surface area contributed by atoms with Crippen molar-refractivity contribution in [1.82, 2.24) is 0 Å².